The normalized spacial score (nSPS) is 16.3. The van der Waals surface area contributed by atoms with E-state index in [1.165, 1.54) is 4.88 Å². The molecule has 0 N–H and O–H groups in total. The number of nitrogens with zero attached hydrogens (tertiary/aromatic N) is 1. The zero-order valence-electron chi connectivity index (χ0n) is 14.1. The number of thiophene rings is 1. The molecule has 0 bridgehead atoms. The summed E-state index contributed by atoms with van der Waals surface area (Å²) >= 11 is 1.65. The second-order valence-corrected chi connectivity index (χ2v) is 8.37. The Labute approximate surface area is 136 Å². The highest BCUT2D eigenvalue weighted by molar-refractivity contribution is 7.85. The summed E-state index contributed by atoms with van der Waals surface area (Å²) in [6.45, 7) is 12.5. The van der Waals surface area contributed by atoms with Gasteiger partial charge in [-0.15, -0.1) is 11.3 Å². The van der Waals surface area contributed by atoms with Gasteiger partial charge in [0.2, 0.25) is 0 Å². The highest BCUT2D eigenvalue weighted by Crippen LogP contribution is 2.27. The number of aldehydes is 1. The van der Waals surface area contributed by atoms with Crippen molar-refractivity contribution in [3.05, 3.63) is 21.9 Å². The first-order valence-electron chi connectivity index (χ1n) is 7.40. The van der Waals surface area contributed by atoms with Crippen molar-refractivity contribution in [2.45, 2.75) is 40.0 Å². The molecule has 2 rings (SSSR count). The van der Waals surface area contributed by atoms with Gasteiger partial charge in [0.1, 0.15) is 0 Å². The van der Waals surface area contributed by atoms with Crippen LogP contribution in [0.1, 0.15) is 49.9 Å². The summed E-state index contributed by atoms with van der Waals surface area (Å²) in [5, 5.41) is 1.90. The minimum atomic E-state index is -0.503. The van der Waals surface area contributed by atoms with Gasteiger partial charge in [0, 0.05) is 51.2 Å². The highest BCUT2D eigenvalue weighted by atomic mass is 32.2. The van der Waals surface area contributed by atoms with Crippen molar-refractivity contribution >= 4 is 28.4 Å². The average molecular weight is 332 g/mol. The molecule has 2 heterocycles. The van der Waals surface area contributed by atoms with Gasteiger partial charge in [-0.3, -0.25) is 9.00 Å². The molecule has 5 heteroatoms. The third kappa shape index (κ3) is 8.49. The van der Waals surface area contributed by atoms with E-state index in [2.05, 4.69) is 32.7 Å². The first-order valence-corrected chi connectivity index (χ1v) is 9.77. The molecule has 0 spiro atoms. The van der Waals surface area contributed by atoms with Crippen molar-refractivity contribution in [2.24, 2.45) is 0 Å². The van der Waals surface area contributed by atoms with Gasteiger partial charge in [0.25, 0.3) is 0 Å². The Balaban J connectivity index is 0.000000354. The maximum absolute atomic E-state index is 10.7. The van der Waals surface area contributed by atoms with E-state index >= 15 is 0 Å². The van der Waals surface area contributed by atoms with Crippen LogP contribution in [0.15, 0.2) is 11.4 Å². The van der Waals surface area contributed by atoms with Crippen LogP contribution in [0.2, 0.25) is 0 Å². The van der Waals surface area contributed by atoms with Crippen LogP contribution in [0.5, 0.6) is 0 Å². The van der Waals surface area contributed by atoms with Crippen LogP contribution in [-0.4, -0.2) is 47.0 Å². The van der Waals surface area contributed by atoms with Crippen molar-refractivity contribution in [1.82, 2.24) is 4.90 Å². The minimum Gasteiger partial charge on any atom is -0.305 e. The van der Waals surface area contributed by atoms with E-state index in [0.29, 0.717) is 0 Å². The molecule has 1 aliphatic heterocycles. The summed E-state index contributed by atoms with van der Waals surface area (Å²) in [6.07, 6.45) is 0.895. The lowest BCUT2D eigenvalue weighted by Gasteiger charge is -2.20. The summed E-state index contributed by atoms with van der Waals surface area (Å²) in [6, 6.07) is 1.96. The summed E-state index contributed by atoms with van der Waals surface area (Å²) in [4.78, 5) is 13.8. The molecule has 0 aliphatic carbocycles. The molecular formula is C16H29NO2S2. The van der Waals surface area contributed by atoms with Crippen LogP contribution >= 0.6 is 11.3 Å². The number of carbonyl (C=O) groups excluding carboxylic acids is 1. The quantitative estimate of drug-likeness (QED) is 0.738. The molecule has 0 radical (unpaired) electrons. The molecular weight excluding hydrogens is 302 g/mol. The van der Waals surface area contributed by atoms with Crippen LogP contribution in [0.3, 0.4) is 0 Å². The molecule has 122 valence electrons. The summed E-state index contributed by atoms with van der Waals surface area (Å²) in [7, 11) is 1.56. The second kappa shape index (κ2) is 10.2. The Morgan fingerprint density at radius 3 is 2.05 bits per heavy atom. The monoisotopic (exact) mass is 331 g/mol. The van der Waals surface area contributed by atoms with Crippen LogP contribution in [0, 0.1) is 0 Å². The van der Waals surface area contributed by atoms with Crippen molar-refractivity contribution in [2.75, 3.05) is 31.6 Å². The van der Waals surface area contributed by atoms with Gasteiger partial charge in [-0.25, -0.2) is 0 Å². The third-order valence-electron chi connectivity index (χ3n) is 2.90. The largest absolute Gasteiger partial charge is 0.305 e. The fourth-order valence-electron chi connectivity index (χ4n) is 1.54. The summed E-state index contributed by atoms with van der Waals surface area (Å²) in [5.74, 6) is 1.74. The van der Waals surface area contributed by atoms with E-state index in [1.807, 2.05) is 25.3 Å². The number of hydrogen-bond donors (Lipinski definition) is 0. The van der Waals surface area contributed by atoms with Gasteiger partial charge in [-0.2, -0.15) is 0 Å². The lowest BCUT2D eigenvalue weighted by Crippen LogP contribution is -2.34. The predicted molar refractivity (Wildman–Crippen MR) is 95.1 cm³/mol. The molecule has 1 saturated heterocycles. The van der Waals surface area contributed by atoms with Gasteiger partial charge >= 0.3 is 0 Å². The average Bonchev–Trinajstić information content (AvgIpc) is 2.94. The van der Waals surface area contributed by atoms with E-state index in [1.54, 1.807) is 11.3 Å². The Kier molecular flexibility index (Phi) is 9.99. The highest BCUT2D eigenvalue weighted by Gasteiger charge is 2.15. The molecule has 1 aromatic heterocycles. The molecule has 3 nitrogen and oxygen atoms in total. The van der Waals surface area contributed by atoms with Crippen LogP contribution in [0.25, 0.3) is 0 Å². The van der Waals surface area contributed by atoms with E-state index in [9.17, 15) is 9.00 Å². The summed E-state index contributed by atoms with van der Waals surface area (Å²) in [5.41, 5.74) is 0.964. The Hall–Kier alpha value is -0.520. The van der Waals surface area contributed by atoms with E-state index < -0.39 is 10.8 Å². The summed E-state index contributed by atoms with van der Waals surface area (Å²) < 4.78 is 10.7. The zero-order chi connectivity index (χ0) is 16.5. The van der Waals surface area contributed by atoms with Crippen LogP contribution in [-0.2, 0) is 16.2 Å². The maximum Gasteiger partial charge on any atom is 0.150 e. The van der Waals surface area contributed by atoms with E-state index in [4.69, 9.17) is 0 Å². The zero-order valence-corrected chi connectivity index (χ0v) is 15.8. The topological polar surface area (TPSA) is 37.4 Å². The van der Waals surface area contributed by atoms with E-state index in [-0.39, 0.29) is 5.41 Å². The van der Waals surface area contributed by atoms with Gasteiger partial charge < -0.3 is 4.90 Å². The molecule has 0 amide bonds. The molecule has 21 heavy (non-hydrogen) atoms. The predicted octanol–water partition coefficient (Wildman–Crippen LogP) is 3.56. The van der Waals surface area contributed by atoms with Gasteiger partial charge in [0.05, 0.1) is 0 Å². The van der Waals surface area contributed by atoms with Gasteiger partial charge in [-0.05, 0) is 18.5 Å². The van der Waals surface area contributed by atoms with Crippen molar-refractivity contribution in [3.8, 4) is 0 Å². The Bertz CT molecular complexity index is 426. The maximum atomic E-state index is 10.7. The fraction of sp³-hybridized carbons (Fsp3) is 0.688. The van der Waals surface area contributed by atoms with Gasteiger partial charge in [-0.1, -0.05) is 34.6 Å². The second-order valence-electron chi connectivity index (χ2n) is 5.76. The van der Waals surface area contributed by atoms with Crippen LogP contribution < -0.4 is 0 Å². The molecule has 1 fully saturated rings. The Morgan fingerprint density at radius 2 is 1.76 bits per heavy atom. The molecule has 0 atom stereocenters. The molecule has 0 saturated carbocycles. The van der Waals surface area contributed by atoms with Crippen LogP contribution in [0.4, 0.5) is 0 Å². The van der Waals surface area contributed by atoms with Crippen molar-refractivity contribution < 1.29 is 9.00 Å². The SMILES string of the molecule is CC.CC(C)(C)c1cc(C=O)cs1.CN1CCS(=O)CC1. The standard InChI is InChI=1S/C9H12OS.C5H11NOS.C2H6/c1-9(2,3)8-4-7(5-10)6-11-8;1-6-2-4-8(7)5-3-6;1-2/h4-6H,1-3H3;2-5H2,1H3;1-2H3. The first-order chi connectivity index (χ1) is 9.82. The number of rotatable bonds is 1. The number of carbonyl (C=O) groups is 1. The van der Waals surface area contributed by atoms with Crippen molar-refractivity contribution in [1.29, 1.82) is 0 Å². The fourth-order valence-corrected chi connectivity index (χ4v) is 3.71. The first kappa shape index (κ1) is 20.5. The molecule has 0 unspecified atom stereocenters. The van der Waals surface area contributed by atoms with E-state index in [0.717, 1.165) is 36.4 Å². The van der Waals surface area contributed by atoms with Crippen molar-refractivity contribution in [3.63, 3.8) is 0 Å². The third-order valence-corrected chi connectivity index (χ3v) is 5.55. The molecule has 0 aromatic carbocycles. The number of hydrogen-bond acceptors (Lipinski definition) is 4. The lowest BCUT2D eigenvalue weighted by atomic mass is 9.94. The Morgan fingerprint density at radius 1 is 1.24 bits per heavy atom. The molecule has 1 aliphatic rings. The minimum absolute atomic E-state index is 0.173. The van der Waals surface area contributed by atoms with Gasteiger partial charge in [0.15, 0.2) is 6.29 Å². The molecule has 1 aromatic rings. The smallest absolute Gasteiger partial charge is 0.150 e. The lowest BCUT2D eigenvalue weighted by molar-refractivity contribution is 0.112.